The van der Waals surface area contributed by atoms with E-state index >= 15 is 0 Å². The molecule has 4 N–H and O–H groups in total. The molecule has 1 rings (SSSR count). The second-order valence-electron chi connectivity index (χ2n) is 5.51. The molecule has 0 spiro atoms. The fourth-order valence-electron chi connectivity index (χ4n) is 1.74. The van der Waals surface area contributed by atoms with E-state index in [1.54, 1.807) is 5.38 Å². The van der Waals surface area contributed by atoms with Gasteiger partial charge in [-0.15, -0.1) is 11.3 Å². The van der Waals surface area contributed by atoms with Gasteiger partial charge in [0.1, 0.15) is 0 Å². The van der Waals surface area contributed by atoms with Crippen LogP contribution in [0.2, 0.25) is 0 Å². The average Bonchev–Trinajstić information content (AvgIpc) is 2.72. The summed E-state index contributed by atoms with van der Waals surface area (Å²) in [5.41, 5.74) is 6.07. The number of hydrogen-bond acceptors (Lipinski definition) is 5. The highest BCUT2D eigenvalue weighted by Crippen LogP contribution is 2.25. The number of carboxylic acids is 1. The maximum absolute atomic E-state index is 11.7. The second kappa shape index (κ2) is 7.23. The minimum Gasteiger partial charge on any atom is -0.481 e. The van der Waals surface area contributed by atoms with E-state index in [-0.39, 0.29) is 24.2 Å². The van der Waals surface area contributed by atoms with Gasteiger partial charge in [-0.25, -0.2) is 4.98 Å². The van der Waals surface area contributed by atoms with Crippen LogP contribution in [0.15, 0.2) is 5.38 Å². The third kappa shape index (κ3) is 6.51. The number of amides is 1. The summed E-state index contributed by atoms with van der Waals surface area (Å²) in [5, 5.41) is 13.7. The lowest BCUT2D eigenvalue weighted by atomic mass is 9.84. The van der Waals surface area contributed by atoms with E-state index in [9.17, 15) is 9.59 Å². The normalized spacial score (nSPS) is 11.3. The van der Waals surface area contributed by atoms with E-state index < -0.39 is 5.97 Å². The Kier molecular flexibility index (Phi) is 5.94. The van der Waals surface area contributed by atoms with E-state index in [2.05, 4.69) is 10.3 Å². The van der Waals surface area contributed by atoms with Gasteiger partial charge in [0.05, 0.1) is 12.1 Å². The van der Waals surface area contributed by atoms with Crippen LogP contribution in [0.4, 0.5) is 5.13 Å². The maximum Gasteiger partial charge on any atom is 0.303 e. The number of aromatic nitrogens is 1. The summed E-state index contributed by atoms with van der Waals surface area (Å²) in [4.78, 5) is 26.3. The number of hydrogen-bond donors (Lipinski definition) is 3. The summed E-state index contributed by atoms with van der Waals surface area (Å²) < 4.78 is 0. The van der Waals surface area contributed by atoms with Gasteiger partial charge in [-0.3, -0.25) is 9.59 Å². The van der Waals surface area contributed by atoms with Crippen LogP contribution in [0.5, 0.6) is 0 Å². The van der Waals surface area contributed by atoms with Crippen molar-refractivity contribution in [2.24, 2.45) is 5.41 Å². The Hall–Kier alpha value is -1.63. The van der Waals surface area contributed by atoms with Crippen molar-refractivity contribution in [1.29, 1.82) is 0 Å². The van der Waals surface area contributed by atoms with E-state index in [4.69, 9.17) is 10.8 Å². The topological polar surface area (TPSA) is 105 Å². The number of nitrogens with zero attached hydrogens (tertiary/aromatic N) is 1. The van der Waals surface area contributed by atoms with Gasteiger partial charge < -0.3 is 16.2 Å². The molecule has 7 heteroatoms. The fraction of sp³-hybridized carbons (Fsp3) is 0.615. The van der Waals surface area contributed by atoms with Gasteiger partial charge in [-0.1, -0.05) is 13.8 Å². The van der Waals surface area contributed by atoms with Gasteiger partial charge in [0.15, 0.2) is 5.13 Å². The monoisotopic (exact) mass is 299 g/mol. The molecule has 0 aliphatic heterocycles. The lowest BCUT2D eigenvalue weighted by Crippen LogP contribution is -2.29. The molecule has 1 amide bonds. The second-order valence-corrected chi connectivity index (χ2v) is 6.40. The van der Waals surface area contributed by atoms with Crippen LogP contribution in [0, 0.1) is 5.41 Å². The Bertz CT molecular complexity index is 471. The van der Waals surface area contributed by atoms with Crippen molar-refractivity contribution in [1.82, 2.24) is 10.3 Å². The third-order valence-corrected chi connectivity index (χ3v) is 3.77. The van der Waals surface area contributed by atoms with E-state index in [1.165, 1.54) is 11.3 Å². The van der Waals surface area contributed by atoms with Crippen molar-refractivity contribution in [2.75, 3.05) is 12.3 Å². The number of nitrogen functional groups attached to an aromatic ring is 1. The van der Waals surface area contributed by atoms with E-state index in [0.29, 0.717) is 23.8 Å². The molecule has 0 bridgehead atoms. The third-order valence-electron chi connectivity index (χ3n) is 3.05. The Morgan fingerprint density at radius 3 is 2.70 bits per heavy atom. The molecule has 0 saturated heterocycles. The molecule has 20 heavy (non-hydrogen) atoms. The first-order chi connectivity index (χ1) is 9.28. The summed E-state index contributed by atoms with van der Waals surface area (Å²) in [6.45, 7) is 4.54. The predicted octanol–water partition coefficient (Wildman–Crippen LogP) is 1.67. The number of thiazole rings is 1. The van der Waals surface area contributed by atoms with Crippen LogP contribution < -0.4 is 11.1 Å². The van der Waals surface area contributed by atoms with Crippen LogP contribution in [-0.4, -0.2) is 28.5 Å². The first kappa shape index (κ1) is 16.4. The summed E-state index contributed by atoms with van der Waals surface area (Å²) >= 11 is 1.31. The quantitative estimate of drug-likeness (QED) is 0.677. The van der Waals surface area contributed by atoms with Crippen molar-refractivity contribution in [3.8, 4) is 0 Å². The number of aliphatic carboxylic acids is 1. The van der Waals surface area contributed by atoms with Gasteiger partial charge in [0, 0.05) is 18.3 Å². The van der Waals surface area contributed by atoms with E-state index in [0.717, 1.165) is 6.42 Å². The molecule has 1 aromatic heterocycles. The van der Waals surface area contributed by atoms with Crippen LogP contribution >= 0.6 is 11.3 Å². The molecular formula is C13H21N3O3S. The van der Waals surface area contributed by atoms with Crippen molar-refractivity contribution >= 4 is 28.3 Å². The largest absolute Gasteiger partial charge is 0.481 e. The number of carbonyl (C=O) groups excluding carboxylic acids is 1. The average molecular weight is 299 g/mol. The molecule has 0 fully saturated rings. The molecule has 6 nitrogen and oxygen atoms in total. The Morgan fingerprint density at radius 1 is 1.45 bits per heavy atom. The van der Waals surface area contributed by atoms with E-state index in [1.807, 2.05) is 13.8 Å². The van der Waals surface area contributed by atoms with Gasteiger partial charge in [0.25, 0.3) is 0 Å². The zero-order valence-electron chi connectivity index (χ0n) is 11.8. The minimum absolute atomic E-state index is 0.0932. The number of rotatable bonds is 8. The van der Waals surface area contributed by atoms with Gasteiger partial charge in [-0.2, -0.15) is 0 Å². The first-order valence-electron chi connectivity index (χ1n) is 6.47. The Balaban J connectivity index is 2.25. The summed E-state index contributed by atoms with van der Waals surface area (Å²) in [6.07, 6.45) is 1.72. The van der Waals surface area contributed by atoms with Crippen LogP contribution in [0.25, 0.3) is 0 Å². The summed E-state index contributed by atoms with van der Waals surface area (Å²) in [7, 11) is 0. The lowest BCUT2D eigenvalue weighted by molar-refractivity contribution is -0.137. The molecule has 0 atom stereocenters. The number of nitrogens with two attached hydrogens (primary N) is 1. The zero-order chi connectivity index (χ0) is 15.2. The molecular weight excluding hydrogens is 278 g/mol. The highest BCUT2D eigenvalue weighted by Gasteiger charge is 2.19. The molecule has 0 unspecified atom stereocenters. The summed E-state index contributed by atoms with van der Waals surface area (Å²) in [5.74, 6) is -0.882. The lowest BCUT2D eigenvalue weighted by Gasteiger charge is -2.23. The molecule has 0 saturated carbocycles. The Labute approximate surface area is 122 Å². The Morgan fingerprint density at radius 2 is 2.15 bits per heavy atom. The number of carbonyl (C=O) groups is 2. The van der Waals surface area contributed by atoms with Gasteiger partial charge in [0.2, 0.25) is 5.91 Å². The van der Waals surface area contributed by atoms with Crippen molar-refractivity contribution in [2.45, 2.75) is 39.5 Å². The molecule has 112 valence electrons. The van der Waals surface area contributed by atoms with Crippen LogP contribution in [-0.2, 0) is 16.0 Å². The molecule has 0 aliphatic rings. The van der Waals surface area contributed by atoms with Crippen LogP contribution in [0.1, 0.15) is 38.8 Å². The van der Waals surface area contributed by atoms with Crippen molar-refractivity contribution in [3.05, 3.63) is 11.1 Å². The van der Waals surface area contributed by atoms with Crippen molar-refractivity contribution in [3.63, 3.8) is 0 Å². The smallest absolute Gasteiger partial charge is 0.303 e. The maximum atomic E-state index is 11.7. The highest BCUT2D eigenvalue weighted by atomic mass is 32.1. The predicted molar refractivity (Wildman–Crippen MR) is 78.5 cm³/mol. The minimum atomic E-state index is -0.789. The highest BCUT2D eigenvalue weighted by molar-refractivity contribution is 7.13. The number of carboxylic acid groups (broad SMARTS) is 1. The van der Waals surface area contributed by atoms with Gasteiger partial charge >= 0.3 is 5.97 Å². The molecule has 0 aromatic carbocycles. The van der Waals surface area contributed by atoms with Crippen molar-refractivity contribution < 1.29 is 14.7 Å². The molecule has 0 aliphatic carbocycles. The molecule has 1 aromatic rings. The van der Waals surface area contributed by atoms with Gasteiger partial charge in [-0.05, 0) is 18.3 Å². The summed E-state index contributed by atoms with van der Waals surface area (Å²) in [6, 6.07) is 0. The molecule has 1 heterocycles. The van der Waals surface area contributed by atoms with Crippen LogP contribution in [0.3, 0.4) is 0 Å². The number of anilines is 1. The SMILES string of the molecule is CC(C)(CCNC(=O)Cc1csc(N)n1)CCC(=O)O. The zero-order valence-corrected chi connectivity index (χ0v) is 12.6. The first-order valence-corrected chi connectivity index (χ1v) is 7.35. The molecule has 0 radical (unpaired) electrons. The number of nitrogens with one attached hydrogen (secondary N) is 1. The fourth-order valence-corrected chi connectivity index (χ4v) is 2.30. The standard InChI is InChI=1S/C13H21N3O3S/c1-13(2,4-3-11(18)19)5-6-15-10(17)7-9-8-20-12(14)16-9/h8H,3-7H2,1-2H3,(H2,14,16)(H,15,17)(H,18,19).